The van der Waals surface area contributed by atoms with Crippen LogP contribution in [0.15, 0.2) is 18.3 Å². The molecule has 0 amide bonds. The lowest BCUT2D eigenvalue weighted by Crippen LogP contribution is -2.18. The molecule has 1 aromatic rings. The van der Waals surface area contributed by atoms with Crippen molar-refractivity contribution in [3.05, 3.63) is 24.0 Å². The molecule has 2 saturated carbocycles. The minimum Gasteiger partial charge on any atom is -0.492 e. The molecule has 1 heterocycles. The maximum Gasteiger partial charge on any atom is 0.137 e. The van der Waals surface area contributed by atoms with Crippen LogP contribution in [-0.2, 0) is 6.42 Å². The summed E-state index contributed by atoms with van der Waals surface area (Å²) in [5.41, 5.74) is 1.23. The van der Waals surface area contributed by atoms with Gasteiger partial charge >= 0.3 is 0 Å². The fraction of sp³-hybridized carbons (Fsp3) is 0.821. The van der Waals surface area contributed by atoms with E-state index in [4.69, 9.17) is 4.74 Å². The third-order valence-electron chi connectivity index (χ3n) is 7.96. The van der Waals surface area contributed by atoms with Crippen LogP contribution in [0.5, 0.6) is 5.75 Å². The van der Waals surface area contributed by atoms with Gasteiger partial charge in [0.25, 0.3) is 0 Å². The summed E-state index contributed by atoms with van der Waals surface area (Å²) < 4.78 is 5.64. The van der Waals surface area contributed by atoms with Gasteiger partial charge in [0.05, 0.1) is 12.8 Å². The molecule has 0 radical (unpaired) electrons. The first kappa shape index (κ1) is 23.6. The molecule has 2 heteroatoms. The van der Waals surface area contributed by atoms with Crippen molar-refractivity contribution in [2.75, 3.05) is 6.61 Å². The summed E-state index contributed by atoms with van der Waals surface area (Å²) in [6.45, 7) is 5.25. The number of pyridine rings is 1. The molecule has 2 fully saturated rings. The molecule has 0 bridgehead atoms. The van der Waals surface area contributed by atoms with E-state index in [1.807, 2.05) is 6.20 Å². The van der Waals surface area contributed by atoms with E-state index in [0.717, 1.165) is 48.9 Å². The first-order valence-corrected chi connectivity index (χ1v) is 13.3. The van der Waals surface area contributed by atoms with E-state index in [0.29, 0.717) is 0 Å². The number of nitrogens with zero attached hydrogens (tertiary/aromatic N) is 1. The molecule has 30 heavy (non-hydrogen) atoms. The smallest absolute Gasteiger partial charge is 0.137 e. The molecule has 0 N–H and O–H groups in total. The van der Waals surface area contributed by atoms with Gasteiger partial charge in [-0.15, -0.1) is 0 Å². The van der Waals surface area contributed by atoms with Crippen molar-refractivity contribution < 1.29 is 4.74 Å². The first-order valence-electron chi connectivity index (χ1n) is 13.3. The average molecular weight is 414 g/mol. The predicted molar refractivity (Wildman–Crippen MR) is 128 cm³/mol. The molecule has 2 aliphatic carbocycles. The second kappa shape index (κ2) is 13.4. The van der Waals surface area contributed by atoms with Gasteiger partial charge < -0.3 is 4.74 Å². The monoisotopic (exact) mass is 413 g/mol. The highest BCUT2D eigenvalue weighted by Crippen LogP contribution is 2.38. The summed E-state index contributed by atoms with van der Waals surface area (Å²) in [6, 6.07) is 4.25. The molecule has 170 valence electrons. The summed E-state index contributed by atoms with van der Waals surface area (Å²) >= 11 is 0. The van der Waals surface area contributed by atoms with E-state index >= 15 is 0 Å². The van der Waals surface area contributed by atoms with Crippen molar-refractivity contribution in [1.82, 2.24) is 4.98 Å². The second-order valence-corrected chi connectivity index (χ2v) is 10.4. The molecule has 1 aromatic heterocycles. The molecule has 0 spiro atoms. The van der Waals surface area contributed by atoms with Crippen molar-refractivity contribution in [2.45, 2.75) is 117 Å². The standard InChI is InChI=1S/C28H47NO/c1-3-5-6-23-7-9-24(10-8-23)11-12-25-13-15-26(16-14-25)17-18-27-19-20-28(22-29-27)30-21-4-2/h19-20,22-26H,3-18,21H2,1-2H3/t23-,24-,25-,26-. The largest absolute Gasteiger partial charge is 0.492 e. The normalized spacial score (nSPS) is 27.1. The van der Waals surface area contributed by atoms with E-state index in [1.54, 1.807) is 0 Å². The van der Waals surface area contributed by atoms with Gasteiger partial charge in [-0.05, 0) is 55.1 Å². The van der Waals surface area contributed by atoms with Crippen LogP contribution in [0, 0.1) is 23.7 Å². The van der Waals surface area contributed by atoms with Crippen LogP contribution in [0.3, 0.4) is 0 Å². The van der Waals surface area contributed by atoms with Crippen molar-refractivity contribution >= 4 is 0 Å². The predicted octanol–water partition coefficient (Wildman–Crippen LogP) is 8.39. The Morgan fingerprint density at radius 2 is 1.30 bits per heavy atom. The highest BCUT2D eigenvalue weighted by molar-refractivity contribution is 5.19. The van der Waals surface area contributed by atoms with Crippen LogP contribution in [-0.4, -0.2) is 11.6 Å². The fourth-order valence-electron chi connectivity index (χ4n) is 5.80. The van der Waals surface area contributed by atoms with Crippen LogP contribution >= 0.6 is 0 Å². The zero-order valence-corrected chi connectivity index (χ0v) is 19.9. The number of aromatic nitrogens is 1. The van der Waals surface area contributed by atoms with Gasteiger partial charge in [-0.3, -0.25) is 4.98 Å². The van der Waals surface area contributed by atoms with Gasteiger partial charge in [-0.2, -0.15) is 0 Å². The lowest BCUT2D eigenvalue weighted by atomic mass is 9.74. The quantitative estimate of drug-likeness (QED) is 0.343. The van der Waals surface area contributed by atoms with Crippen molar-refractivity contribution in [3.8, 4) is 5.75 Å². The number of unbranched alkanes of at least 4 members (excludes halogenated alkanes) is 1. The Morgan fingerprint density at radius 1 is 0.733 bits per heavy atom. The molecule has 0 atom stereocenters. The molecule has 0 saturated heterocycles. The summed E-state index contributed by atoms with van der Waals surface area (Å²) in [6.07, 6.45) is 24.7. The van der Waals surface area contributed by atoms with E-state index in [2.05, 4.69) is 31.0 Å². The summed E-state index contributed by atoms with van der Waals surface area (Å²) in [7, 11) is 0. The highest BCUT2D eigenvalue weighted by Gasteiger charge is 2.24. The Hall–Kier alpha value is -1.05. The maximum atomic E-state index is 5.64. The van der Waals surface area contributed by atoms with Crippen LogP contribution in [0.2, 0.25) is 0 Å². The van der Waals surface area contributed by atoms with Crippen LogP contribution in [0.1, 0.15) is 116 Å². The van der Waals surface area contributed by atoms with Gasteiger partial charge in [0.1, 0.15) is 5.75 Å². The number of ether oxygens (including phenoxy) is 1. The third-order valence-corrected chi connectivity index (χ3v) is 7.96. The SMILES string of the molecule is CCCC[C@H]1CC[C@H](CC[C@H]2CC[C@H](CCc3ccc(OCCC)cn3)CC2)CC1. The summed E-state index contributed by atoms with van der Waals surface area (Å²) in [4.78, 5) is 4.61. The minimum absolute atomic E-state index is 0.782. The Balaban J connectivity index is 1.25. The van der Waals surface area contributed by atoms with Crippen LogP contribution < -0.4 is 4.74 Å². The van der Waals surface area contributed by atoms with Gasteiger partial charge in [0, 0.05) is 5.69 Å². The average Bonchev–Trinajstić information content (AvgIpc) is 2.80. The Kier molecular flexibility index (Phi) is 10.5. The van der Waals surface area contributed by atoms with Crippen molar-refractivity contribution in [1.29, 1.82) is 0 Å². The van der Waals surface area contributed by atoms with E-state index in [-0.39, 0.29) is 0 Å². The molecule has 0 aromatic carbocycles. The maximum absolute atomic E-state index is 5.64. The lowest BCUT2D eigenvalue weighted by Gasteiger charge is -2.32. The van der Waals surface area contributed by atoms with Crippen molar-refractivity contribution in [3.63, 3.8) is 0 Å². The van der Waals surface area contributed by atoms with E-state index in [1.165, 1.54) is 95.6 Å². The summed E-state index contributed by atoms with van der Waals surface area (Å²) in [5, 5.41) is 0. The topological polar surface area (TPSA) is 22.1 Å². The second-order valence-electron chi connectivity index (χ2n) is 10.4. The number of hydrogen-bond donors (Lipinski definition) is 0. The van der Waals surface area contributed by atoms with E-state index in [9.17, 15) is 0 Å². The van der Waals surface area contributed by atoms with Crippen LogP contribution in [0.4, 0.5) is 0 Å². The molecule has 0 unspecified atom stereocenters. The molecule has 0 aliphatic heterocycles. The lowest BCUT2D eigenvalue weighted by molar-refractivity contribution is 0.208. The molecule has 2 aliphatic rings. The Morgan fingerprint density at radius 3 is 1.80 bits per heavy atom. The zero-order chi connectivity index (χ0) is 21.0. The number of rotatable bonds is 12. The van der Waals surface area contributed by atoms with Crippen molar-refractivity contribution in [2.24, 2.45) is 23.7 Å². The van der Waals surface area contributed by atoms with E-state index < -0.39 is 0 Å². The molecular formula is C28H47NO. The Bertz CT molecular complexity index is 553. The summed E-state index contributed by atoms with van der Waals surface area (Å²) in [5.74, 6) is 4.97. The first-order chi connectivity index (χ1) is 14.8. The zero-order valence-electron chi connectivity index (χ0n) is 19.9. The van der Waals surface area contributed by atoms with Gasteiger partial charge in [0.15, 0.2) is 0 Å². The Labute approximate surface area is 186 Å². The molecule has 2 nitrogen and oxygen atoms in total. The minimum atomic E-state index is 0.782. The third kappa shape index (κ3) is 8.23. The number of hydrogen-bond acceptors (Lipinski definition) is 2. The van der Waals surface area contributed by atoms with Gasteiger partial charge in [-0.25, -0.2) is 0 Å². The highest BCUT2D eigenvalue weighted by atomic mass is 16.5. The van der Waals surface area contributed by atoms with Gasteiger partial charge in [0.2, 0.25) is 0 Å². The fourth-order valence-corrected chi connectivity index (χ4v) is 5.80. The van der Waals surface area contributed by atoms with Gasteiger partial charge in [-0.1, -0.05) is 97.3 Å². The number of aryl methyl sites for hydroxylation is 1. The molecular weight excluding hydrogens is 366 g/mol. The molecule has 3 rings (SSSR count). The van der Waals surface area contributed by atoms with Crippen LogP contribution in [0.25, 0.3) is 0 Å².